The zero-order valence-corrected chi connectivity index (χ0v) is 13.4. The van der Waals surface area contributed by atoms with E-state index in [2.05, 4.69) is 11.6 Å². The molecule has 1 aliphatic heterocycles. The molecule has 1 saturated heterocycles. The summed E-state index contributed by atoms with van der Waals surface area (Å²) in [6.07, 6.45) is 0.0510. The average Bonchev–Trinajstić information content (AvgIpc) is 2.50. The number of hydrogen-bond acceptors (Lipinski definition) is 3. The summed E-state index contributed by atoms with van der Waals surface area (Å²) >= 11 is 3.79. The van der Waals surface area contributed by atoms with Gasteiger partial charge in [-0.25, -0.2) is 0 Å². The van der Waals surface area contributed by atoms with Gasteiger partial charge in [-0.05, 0) is 24.6 Å². The number of amides is 1. The second-order valence-electron chi connectivity index (χ2n) is 5.28. The minimum atomic E-state index is -6.69. The van der Waals surface area contributed by atoms with Crippen LogP contribution in [0.2, 0.25) is 0 Å². The van der Waals surface area contributed by atoms with Crippen molar-refractivity contribution in [1.82, 2.24) is 10.2 Å². The Bertz CT molecular complexity index is 467. The molecule has 1 aliphatic rings. The molecule has 0 unspecified atom stereocenters. The van der Waals surface area contributed by atoms with Crippen molar-refractivity contribution in [1.29, 1.82) is 0 Å². The van der Waals surface area contributed by atoms with E-state index in [9.17, 15) is 39.9 Å². The third-order valence-electron chi connectivity index (χ3n) is 3.47. The van der Waals surface area contributed by atoms with E-state index in [0.29, 0.717) is 32.8 Å². The molecule has 0 aliphatic carbocycles. The molecule has 1 amide bonds. The van der Waals surface area contributed by atoms with Crippen LogP contribution in [0.15, 0.2) is 0 Å². The molecule has 1 N–H and O–H groups in total. The SMILES string of the molecule is O=C(NCCCN1CCOCC1)C(F)(F)C(F)(F)C(F)(F)C(F)(F)Cl. The van der Waals surface area contributed by atoms with Crippen LogP contribution in [-0.2, 0) is 9.53 Å². The monoisotopic (exact) mass is 406 g/mol. The lowest BCUT2D eigenvalue weighted by Gasteiger charge is -2.33. The van der Waals surface area contributed by atoms with Crippen molar-refractivity contribution in [3.8, 4) is 0 Å². The minimum Gasteiger partial charge on any atom is -0.379 e. The van der Waals surface area contributed by atoms with Crippen molar-refractivity contribution < 1.29 is 44.7 Å². The van der Waals surface area contributed by atoms with Gasteiger partial charge >= 0.3 is 23.1 Å². The standard InChI is InChI=1S/C12H15ClF8N2O2/c13-12(20,21)11(18,19)10(16,17)9(14,15)8(24)22-2-1-3-23-4-6-25-7-5-23/h1-7H2,(H,22,24). The van der Waals surface area contributed by atoms with E-state index in [1.807, 2.05) is 4.90 Å². The van der Waals surface area contributed by atoms with E-state index in [1.54, 1.807) is 0 Å². The largest absolute Gasteiger partial charge is 0.393 e. The lowest BCUT2D eigenvalue weighted by Crippen LogP contribution is -2.65. The third kappa shape index (κ3) is 4.64. The summed E-state index contributed by atoms with van der Waals surface area (Å²) in [4.78, 5) is 13.0. The number of ether oxygens (including phenoxy) is 1. The van der Waals surface area contributed by atoms with Gasteiger partial charge in [0.15, 0.2) is 0 Å². The molecule has 4 nitrogen and oxygen atoms in total. The highest BCUT2D eigenvalue weighted by molar-refractivity contribution is 6.22. The van der Waals surface area contributed by atoms with Crippen molar-refractivity contribution in [2.24, 2.45) is 0 Å². The number of rotatable bonds is 8. The van der Waals surface area contributed by atoms with Crippen LogP contribution in [0.5, 0.6) is 0 Å². The molecule has 0 spiro atoms. The quantitative estimate of drug-likeness (QED) is 0.383. The Morgan fingerprint density at radius 2 is 1.52 bits per heavy atom. The van der Waals surface area contributed by atoms with E-state index in [0.717, 1.165) is 0 Å². The van der Waals surface area contributed by atoms with Crippen LogP contribution in [0.4, 0.5) is 35.1 Å². The van der Waals surface area contributed by atoms with Crippen molar-refractivity contribution in [2.75, 3.05) is 39.4 Å². The summed E-state index contributed by atoms with van der Waals surface area (Å²) in [6, 6.07) is 0. The Kier molecular flexibility index (Phi) is 6.90. The van der Waals surface area contributed by atoms with Gasteiger partial charge < -0.3 is 10.1 Å². The number of morpholine rings is 1. The number of alkyl halides is 9. The van der Waals surface area contributed by atoms with Crippen LogP contribution >= 0.6 is 11.6 Å². The molecule has 0 radical (unpaired) electrons. The molecule has 0 aromatic heterocycles. The Morgan fingerprint density at radius 3 is 2.00 bits per heavy atom. The summed E-state index contributed by atoms with van der Waals surface area (Å²) in [5, 5.41) is -4.63. The first-order valence-corrected chi connectivity index (χ1v) is 7.41. The zero-order chi connectivity index (χ0) is 19.5. The molecule has 1 rings (SSSR count). The van der Waals surface area contributed by atoms with Crippen LogP contribution in [0, 0.1) is 0 Å². The summed E-state index contributed by atoms with van der Waals surface area (Å²) in [5.41, 5.74) is 0. The van der Waals surface area contributed by atoms with E-state index < -0.39 is 35.6 Å². The zero-order valence-electron chi connectivity index (χ0n) is 12.6. The number of nitrogens with one attached hydrogen (secondary N) is 1. The molecule has 148 valence electrons. The van der Waals surface area contributed by atoms with Gasteiger partial charge in [0.25, 0.3) is 5.91 Å². The molecular formula is C12H15ClF8N2O2. The maximum atomic E-state index is 13.3. The van der Waals surface area contributed by atoms with Crippen molar-refractivity contribution >= 4 is 17.5 Å². The van der Waals surface area contributed by atoms with Crippen molar-refractivity contribution in [2.45, 2.75) is 29.6 Å². The van der Waals surface area contributed by atoms with Gasteiger partial charge in [0, 0.05) is 19.6 Å². The highest BCUT2D eigenvalue weighted by atomic mass is 35.5. The lowest BCUT2D eigenvalue weighted by molar-refractivity contribution is -0.337. The highest BCUT2D eigenvalue weighted by Crippen LogP contribution is 2.53. The van der Waals surface area contributed by atoms with Gasteiger partial charge in [-0.1, -0.05) is 0 Å². The first kappa shape index (κ1) is 22.2. The summed E-state index contributed by atoms with van der Waals surface area (Å²) in [6.45, 7) is 1.74. The van der Waals surface area contributed by atoms with E-state index in [-0.39, 0.29) is 6.42 Å². The van der Waals surface area contributed by atoms with Crippen LogP contribution in [0.1, 0.15) is 6.42 Å². The second-order valence-corrected chi connectivity index (χ2v) is 5.76. The second kappa shape index (κ2) is 7.78. The van der Waals surface area contributed by atoms with Crippen LogP contribution in [-0.4, -0.2) is 73.3 Å². The molecule has 0 aromatic carbocycles. The fraction of sp³-hybridized carbons (Fsp3) is 0.917. The molecule has 1 heterocycles. The topological polar surface area (TPSA) is 41.6 Å². The molecule has 0 aromatic rings. The first-order chi connectivity index (χ1) is 11.2. The predicted molar refractivity (Wildman–Crippen MR) is 70.5 cm³/mol. The Labute approximate surface area is 142 Å². The highest BCUT2D eigenvalue weighted by Gasteiger charge is 2.82. The molecule has 13 heteroatoms. The average molecular weight is 407 g/mol. The maximum absolute atomic E-state index is 13.3. The lowest BCUT2D eigenvalue weighted by atomic mass is 10.0. The summed E-state index contributed by atoms with van der Waals surface area (Å²) in [7, 11) is 0. The molecule has 0 atom stereocenters. The molecular weight excluding hydrogens is 392 g/mol. The van der Waals surface area contributed by atoms with E-state index in [1.165, 1.54) is 5.32 Å². The van der Waals surface area contributed by atoms with E-state index in [4.69, 9.17) is 4.74 Å². The van der Waals surface area contributed by atoms with Gasteiger partial charge in [-0.2, -0.15) is 35.1 Å². The Balaban J connectivity index is 2.62. The molecule has 1 fully saturated rings. The summed E-state index contributed by atoms with van der Waals surface area (Å²) in [5.74, 6) is -22.2. The van der Waals surface area contributed by atoms with Crippen LogP contribution in [0.25, 0.3) is 0 Å². The predicted octanol–water partition coefficient (Wildman–Crippen LogP) is 2.56. The van der Waals surface area contributed by atoms with Gasteiger partial charge in [-0.3, -0.25) is 9.69 Å². The van der Waals surface area contributed by atoms with Crippen molar-refractivity contribution in [3.63, 3.8) is 0 Å². The molecule has 0 saturated carbocycles. The number of hydrogen-bond donors (Lipinski definition) is 1. The summed E-state index contributed by atoms with van der Waals surface area (Å²) < 4.78 is 109. The third-order valence-corrected chi connectivity index (χ3v) is 3.71. The van der Waals surface area contributed by atoms with Gasteiger partial charge in [-0.15, -0.1) is 0 Å². The van der Waals surface area contributed by atoms with Gasteiger partial charge in [0.05, 0.1) is 13.2 Å². The normalized spacial score (nSPS) is 18.3. The van der Waals surface area contributed by atoms with E-state index >= 15 is 0 Å². The fourth-order valence-electron chi connectivity index (χ4n) is 1.96. The number of halogens is 9. The fourth-order valence-corrected chi connectivity index (χ4v) is 2.08. The number of nitrogens with zero attached hydrogens (tertiary/aromatic N) is 1. The Morgan fingerprint density at radius 1 is 1.00 bits per heavy atom. The maximum Gasteiger partial charge on any atom is 0.393 e. The van der Waals surface area contributed by atoms with Gasteiger partial charge in [0.1, 0.15) is 0 Å². The van der Waals surface area contributed by atoms with Crippen LogP contribution < -0.4 is 5.32 Å². The molecule has 25 heavy (non-hydrogen) atoms. The van der Waals surface area contributed by atoms with Crippen LogP contribution in [0.3, 0.4) is 0 Å². The number of carbonyl (C=O) groups is 1. The van der Waals surface area contributed by atoms with Crippen molar-refractivity contribution in [3.05, 3.63) is 0 Å². The number of carbonyl (C=O) groups excluding carboxylic acids is 1. The minimum absolute atomic E-state index is 0.0510. The molecule has 0 bridgehead atoms. The smallest absolute Gasteiger partial charge is 0.379 e. The first-order valence-electron chi connectivity index (χ1n) is 7.03. The Hall–Kier alpha value is -0.880. The van der Waals surface area contributed by atoms with Gasteiger partial charge in [0.2, 0.25) is 0 Å².